The quantitative estimate of drug-likeness (QED) is 0.867. The first-order valence-electron chi connectivity index (χ1n) is 8.17. The predicted octanol–water partition coefficient (Wildman–Crippen LogP) is 1.76. The van der Waals surface area contributed by atoms with Crippen LogP contribution in [0.25, 0.3) is 0 Å². The molecule has 21 heavy (non-hydrogen) atoms. The molecule has 1 aromatic heterocycles. The second-order valence-electron chi connectivity index (χ2n) is 5.97. The van der Waals surface area contributed by atoms with Crippen LogP contribution >= 0.6 is 11.3 Å². The molecular weight excluding hydrogens is 282 g/mol. The minimum Gasteiger partial charge on any atom is -0.379 e. The Morgan fingerprint density at radius 2 is 2.05 bits per heavy atom. The SMILES string of the molecule is CCNCc1ccc(CN2CCC(N3CCOCC3)C2)s1. The third kappa shape index (κ3) is 4.27. The Hall–Kier alpha value is -0.460. The van der Waals surface area contributed by atoms with Crippen LogP contribution in [0.1, 0.15) is 23.1 Å². The molecule has 0 saturated carbocycles. The van der Waals surface area contributed by atoms with E-state index in [9.17, 15) is 0 Å². The lowest BCUT2D eigenvalue weighted by molar-refractivity contribution is 0.0184. The highest BCUT2D eigenvalue weighted by Gasteiger charge is 2.28. The average Bonchev–Trinajstić information content (AvgIpc) is 3.16. The summed E-state index contributed by atoms with van der Waals surface area (Å²) in [5, 5.41) is 3.40. The molecule has 1 N–H and O–H groups in total. The van der Waals surface area contributed by atoms with Gasteiger partial charge in [-0.15, -0.1) is 11.3 Å². The first-order valence-corrected chi connectivity index (χ1v) is 8.99. The van der Waals surface area contributed by atoms with Crippen molar-refractivity contribution in [2.24, 2.45) is 0 Å². The van der Waals surface area contributed by atoms with E-state index in [1.54, 1.807) is 0 Å². The van der Waals surface area contributed by atoms with Gasteiger partial charge in [-0.05, 0) is 25.1 Å². The minimum absolute atomic E-state index is 0.745. The molecule has 5 heteroatoms. The molecule has 3 heterocycles. The maximum atomic E-state index is 5.46. The van der Waals surface area contributed by atoms with E-state index in [0.29, 0.717) is 0 Å². The Bertz CT molecular complexity index is 431. The van der Waals surface area contributed by atoms with Gasteiger partial charge in [-0.2, -0.15) is 0 Å². The minimum atomic E-state index is 0.745. The molecule has 0 amide bonds. The summed E-state index contributed by atoms with van der Waals surface area (Å²) in [7, 11) is 0. The first-order chi connectivity index (χ1) is 10.3. The van der Waals surface area contributed by atoms with Crippen LogP contribution < -0.4 is 5.32 Å². The van der Waals surface area contributed by atoms with E-state index in [2.05, 4.69) is 34.2 Å². The van der Waals surface area contributed by atoms with Crippen molar-refractivity contribution in [2.75, 3.05) is 45.9 Å². The summed E-state index contributed by atoms with van der Waals surface area (Å²) in [6.07, 6.45) is 1.32. The third-order valence-electron chi connectivity index (χ3n) is 4.46. The summed E-state index contributed by atoms with van der Waals surface area (Å²) < 4.78 is 5.46. The Balaban J connectivity index is 1.46. The number of likely N-dealkylation sites (tertiary alicyclic amines) is 1. The van der Waals surface area contributed by atoms with E-state index in [-0.39, 0.29) is 0 Å². The summed E-state index contributed by atoms with van der Waals surface area (Å²) in [5.41, 5.74) is 0. The number of ether oxygens (including phenoxy) is 1. The number of nitrogens with one attached hydrogen (secondary N) is 1. The monoisotopic (exact) mass is 309 g/mol. The van der Waals surface area contributed by atoms with Gasteiger partial charge in [-0.1, -0.05) is 6.92 Å². The van der Waals surface area contributed by atoms with Crippen molar-refractivity contribution >= 4 is 11.3 Å². The zero-order chi connectivity index (χ0) is 14.5. The molecule has 0 radical (unpaired) electrons. The zero-order valence-electron chi connectivity index (χ0n) is 13.0. The van der Waals surface area contributed by atoms with Crippen molar-refractivity contribution in [3.63, 3.8) is 0 Å². The highest BCUT2D eigenvalue weighted by molar-refractivity contribution is 7.11. The van der Waals surface area contributed by atoms with E-state index >= 15 is 0 Å². The molecule has 1 aromatic rings. The highest BCUT2D eigenvalue weighted by atomic mass is 32.1. The molecular formula is C16H27N3OS. The van der Waals surface area contributed by atoms with Crippen LogP contribution in [0.2, 0.25) is 0 Å². The summed E-state index contributed by atoms with van der Waals surface area (Å²) in [5.74, 6) is 0. The van der Waals surface area contributed by atoms with Gasteiger partial charge in [0.25, 0.3) is 0 Å². The lowest BCUT2D eigenvalue weighted by atomic mass is 10.2. The molecule has 2 fully saturated rings. The van der Waals surface area contributed by atoms with Crippen LogP contribution in [0.4, 0.5) is 0 Å². The molecule has 0 aliphatic carbocycles. The Kier molecular flexibility index (Phi) is 5.66. The number of hydrogen-bond acceptors (Lipinski definition) is 5. The third-order valence-corrected chi connectivity index (χ3v) is 5.53. The molecule has 2 aliphatic rings. The Morgan fingerprint density at radius 1 is 1.24 bits per heavy atom. The fourth-order valence-corrected chi connectivity index (χ4v) is 4.30. The van der Waals surface area contributed by atoms with Crippen molar-refractivity contribution < 1.29 is 4.74 Å². The predicted molar refractivity (Wildman–Crippen MR) is 87.8 cm³/mol. The van der Waals surface area contributed by atoms with Gasteiger partial charge in [0.15, 0.2) is 0 Å². The van der Waals surface area contributed by atoms with Crippen molar-refractivity contribution in [2.45, 2.75) is 32.5 Å². The van der Waals surface area contributed by atoms with Crippen LogP contribution in [0.15, 0.2) is 12.1 Å². The standard InChI is InChI=1S/C16H27N3OS/c1-2-17-11-15-3-4-16(21-15)13-18-6-5-14(12-18)19-7-9-20-10-8-19/h3-4,14,17H,2,5-13H2,1H3. The first kappa shape index (κ1) is 15.4. The fourth-order valence-electron chi connectivity index (χ4n) is 3.27. The maximum Gasteiger partial charge on any atom is 0.0594 e. The number of morpholine rings is 1. The lowest BCUT2D eigenvalue weighted by Crippen LogP contribution is -2.44. The molecule has 118 valence electrons. The van der Waals surface area contributed by atoms with Gasteiger partial charge in [0.1, 0.15) is 0 Å². The van der Waals surface area contributed by atoms with Gasteiger partial charge in [0.05, 0.1) is 13.2 Å². The summed E-state index contributed by atoms with van der Waals surface area (Å²) in [6.45, 7) is 11.8. The van der Waals surface area contributed by atoms with Gasteiger partial charge in [0, 0.05) is 55.1 Å². The fraction of sp³-hybridized carbons (Fsp3) is 0.750. The molecule has 4 nitrogen and oxygen atoms in total. The molecule has 0 bridgehead atoms. The van der Waals surface area contributed by atoms with Crippen LogP contribution in [-0.2, 0) is 17.8 Å². The average molecular weight is 309 g/mol. The van der Waals surface area contributed by atoms with Crippen molar-refractivity contribution in [3.05, 3.63) is 21.9 Å². The highest BCUT2D eigenvalue weighted by Crippen LogP contribution is 2.23. The van der Waals surface area contributed by atoms with Crippen LogP contribution in [0.3, 0.4) is 0 Å². The topological polar surface area (TPSA) is 27.7 Å². The summed E-state index contributed by atoms with van der Waals surface area (Å²) in [6, 6.07) is 5.33. The number of hydrogen-bond donors (Lipinski definition) is 1. The van der Waals surface area contributed by atoms with Gasteiger partial charge in [-0.3, -0.25) is 9.80 Å². The van der Waals surface area contributed by atoms with E-state index in [4.69, 9.17) is 4.74 Å². The van der Waals surface area contributed by atoms with E-state index in [1.165, 1.54) is 29.3 Å². The summed E-state index contributed by atoms with van der Waals surface area (Å²) >= 11 is 1.96. The normalized spacial score (nSPS) is 24.7. The van der Waals surface area contributed by atoms with Crippen molar-refractivity contribution in [1.82, 2.24) is 15.1 Å². The van der Waals surface area contributed by atoms with Gasteiger partial charge in [-0.25, -0.2) is 0 Å². The molecule has 1 atom stereocenters. The Labute approximate surface area is 132 Å². The van der Waals surface area contributed by atoms with Crippen LogP contribution in [-0.4, -0.2) is 61.8 Å². The molecule has 3 rings (SSSR count). The molecule has 0 aromatic carbocycles. The number of rotatable bonds is 6. The molecule has 2 aliphatic heterocycles. The lowest BCUT2D eigenvalue weighted by Gasteiger charge is -2.32. The van der Waals surface area contributed by atoms with E-state index in [1.807, 2.05) is 11.3 Å². The summed E-state index contributed by atoms with van der Waals surface area (Å²) in [4.78, 5) is 8.19. The van der Waals surface area contributed by atoms with Crippen LogP contribution in [0, 0.1) is 0 Å². The Morgan fingerprint density at radius 3 is 2.86 bits per heavy atom. The molecule has 1 unspecified atom stereocenters. The van der Waals surface area contributed by atoms with Crippen LogP contribution in [0.5, 0.6) is 0 Å². The van der Waals surface area contributed by atoms with Crippen molar-refractivity contribution in [3.8, 4) is 0 Å². The number of thiophene rings is 1. The number of nitrogens with zero attached hydrogens (tertiary/aromatic N) is 2. The van der Waals surface area contributed by atoms with E-state index in [0.717, 1.165) is 52.0 Å². The van der Waals surface area contributed by atoms with Gasteiger partial charge < -0.3 is 10.1 Å². The largest absolute Gasteiger partial charge is 0.379 e. The second-order valence-corrected chi connectivity index (χ2v) is 7.23. The maximum absolute atomic E-state index is 5.46. The smallest absolute Gasteiger partial charge is 0.0594 e. The molecule has 0 spiro atoms. The second kappa shape index (κ2) is 7.70. The van der Waals surface area contributed by atoms with Gasteiger partial charge >= 0.3 is 0 Å². The van der Waals surface area contributed by atoms with Crippen molar-refractivity contribution in [1.29, 1.82) is 0 Å². The molecule has 2 saturated heterocycles. The van der Waals surface area contributed by atoms with E-state index < -0.39 is 0 Å². The zero-order valence-corrected chi connectivity index (χ0v) is 13.8. The van der Waals surface area contributed by atoms with Gasteiger partial charge in [0.2, 0.25) is 0 Å².